The Morgan fingerprint density at radius 2 is 2.07 bits per heavy atom. The number of aromatic nitrogens is 2. The molecule has 1 amide bonds. The summed E-state index contributed by atoms with van der Waals surface area (Å²) in [6, 6.07) is 9.57. The van der Waals surface area contributed by atoms with Crippen molar-refractivity contribution in [1.29, 1.82) is 0 Å². The number of fused-ring (bicyclic) bond motifs is 3. The highest BCUT2D eigenvalue weighted by molar-refractivity contribution is 7.99. The van der Waals surface area contributed by atoms with E-state index >= 15 is 0 Å². The van der Waals surface area contributed by atoms with E-state index in [1.807, 2.05) is 30.3 Å². The Balaban J connectivity index is 1.89. The highest BCUT2D eigenvalue weighted by Gasteiger charge is 2.25. The van der Waals surface area contributed by atoms with E-state index < -0.39 is 0 Å². The molecule has 0 fully saturated rings. The van der Waals surface area contributed by atoms with E-state index in [2.05, 4.69) is 6.92 Å². The van der Waals surface area contributed by atoms with Gasteiger partial charge in [-0.2, -0.15) is 0 Å². The van der Waals surface area contributed by atoms with E-state index in [9.17, 15) is 9.59 Å². The fraction of sp³-hybridized carbons (Fsp3) is 0.381. The molecule has 2 aromatic heterocycles. The van der Waals surface area contributed by atoms with Crippen LogP contribution in [-0.4, -0.2) is 40.2 Å². The number of nitrogens with zero attached hydrogens (tertiary/aromatic N) is 3. The Labute approximate surface area is 172 Å². The minimum absolute atomic E-state index is 0.00161. The summed E-state index contributed by atoms with van der Waals surface area (Å²) in [6.07, 6.45) is 3.06. The molecule has 0 radical (unpaired) electrons. The lowest BCUT2D eigenvalue weighted by Gasteiger charge is -2.18. The van der Waals surface area contributed by atoms with Gasteiger partial charge in [0, 0.05) is 19.0 Å². The molecule has 0 aliphatic heterocycles. The van der Waals surface area contributed by atoms with Gasteiger partial charge in [-0.1, -0.05) is 36.9 Å². The number of carbonyl (C=O) groups excluding carboxylic acids is 1. The molecule has 2 heterocycles. The number of para-hydroxylation sites is 1. The Morgan fingerprint density at radius 3 is 2.79 bits per heavy atom. The van der Waals surface area contributed by atoms with Crippen LogP contribution in [0.25, 0.3) is 15.9 Å². The molecule has 0 N–H and O–H groups in total. The zero-order valence-electron chi connectivity index (χ0n) is 16.3. The molecule has 1 aliphatic carbocycles. The molecule has 1 atom stereocenters. The van der Waals surface area contributed by atoms with Gasteiger partial charge in [-0.05, 0) is 42.9 Å². The van der Waals surface area contributed by atoms with Crippen LogP contribution < -0.4 is 5.56 Å². The lowest BCUT2D eigenvalue weighted by Crippen LogP contribution is -2.25. The Bertz CT molecular complexity index is 1090. The Hall–Kier alpha value is -2.12. The highest BCUT2D eigenvalue weighted by Crippen LogP contribution is 2.37. The second-order valence-corrected chi connectivity index (χ2v) is 9.51. The summed E-state index contributed by atoms with van der Waals surface area (Å²) in [6.45, 7) is 2.26. The monoisotopic (exact) mass is 413 g/mol. The zero-order chi connectivity index (χ0) is 19.8. The van der Waals surface area contributed by atoms with Gasteiger partial charge in [-0.25, -0.2) is 4.98 Å². The number of hydrogen-bond acceptors (Lipinski definition) is 5. The van der Waals surface area contributed by atoms with Crippen molar-refractivity contribution in [3.05, 3.63) is 51.1 Å². The number of aryl methyl sites for hydroxylation is 1. The first-order valence-electron chi connectivity index (χ1n) is 9.41. The first-order valence-corrected chi connectivity index (χ1v) is 11.2. The molecular weight excluding hydrogens is 390 g/mol. The van der Waals surface area contributed by atoms with Crippen molar-refractivity contribution >= 4 is 39.2 Å². The molecule has 0 spiro atoms. The normalized spacial score (nSPS) is 16.2. The summed E-state index contributed by atoms with van der Waals surface area (Å²) in [5, 5.41) is 1.34. The minimum Gasteiger partial charge on any atom is -0.348 e. The summed E-state index contributed by atoms with van der Waals surface area (Å²) in [4.78, 5) is 34.2. The maximum atomic E-state index is 13.6. The number of amides is 1. The van der Waals surface area contributed by atoms with Crippen molar-refractivity contribution in [2.24, 2.45) is 5.92 Å². The summed E-state index contributed by atoms with van der Waals surface area (Å²) in [5.74, 6) is 0.890. The molecule has 5 nitrogen and oxygen atoms in total. The van der Waals surface area contributed by atoms with Gasteiger partial charge in [0.2, 0.25) is 5.91 Å². The first kappa shape index (κ1) is 19.2. The predicted octanol–water partition coefficient (Wildman–Crippen LogP) is 3.75. The summed E-state index contributed by atoms with van der Waals surface area (Å²) < 4.78 is 1.67. The Kier molecular flexibility index (Phi) is 5.29. The van der Waals surface area contributed by atoms with Gasteiger partial charge in [-0.3, -0.25) is 14.2 Å². The van der Waals surface area contributed by atoms with Gasteiger partial charge in [0.15, 0.2) is 5.16 Å². The fourth-order valence-electron chi connectivity index (χ4n) is 3.53. The number of rotatable bonds is 4. The van der Waals surface area contributed by atoms with Crippen molar-refractivity contribution in [3.63, 3.8) is 0 Å². The quantitative estimate of drug-likeness (QED) is 0.483. The number of hydrogen-bond donors (Lipinski definition) is 0. The SMILES string of the molecule is C[C@H]1CCc2c(sc3nc(SCC(=O)N(C)C)n(-c4ccccc4)c(=O)c23)C1. The third kappa shape index (κ3) is 3.49. The number of carbonyl (C=O) groups is 1. The third-order valence-corrected chi connectivity index (χ3v) is 7.21. The molecule has 0 saturated heterocycles. The summed E-state index contributed by atoms with van der Waals surface area (Å²) in [7, 11) is 3.47. The molecule has 1 aliphatic rings. The predicted molar refractivity (Wildman–Crippen MR) is 116 cm³/mol. The molecule has 4 rings (SSSR count). The van der Waals surface area contributed by atoms with Crippen molar-refractivity contribution < 1.29 is 4.79 Å². The lowest BCUT2D eigenvalue weighted by molar-refractivity contribution is -0.125. The molecule has 3 aromatic rings. The van der Waals surface area contributed by atoms with Gasteiger partial charge in [-0.15, -0.1) is 11.3 Å². The van der Waals surface area contributed by atoms with E-state index in [0.29, 0.717) is 11.1 Å². The lowest BCUT2D eigenvalue weighted by atomic mass is 9.89. The molecule has 1 aromatic carbocycles. The van der Waals surface area contributed by atoms with Crippen LogP contribution in [0.1, 0.15) is 23.8 Å². The van der Waals surface area contributed by atoms with Crippen molar-refractivity contribution in [3.8, 4) is 5.69 Å². The van der Waals surface area contributed by atoms with Crippen LogP contribution in [0.5, 0.6) is 0 Å². The maximum Gasteiger partial charge on any atom is 0.267 e. The smallest absolute Gasteiger partial charge is 0.267 e. The summed E-state index contributed by atoms with van der Waals surface area (Å²) in [5.41, 5.74) is 1.94. The molecule has 0 bridgehead atoms. The minimum atomic E-state index is -0.0249. The average molecular weight is 414 g/mol. The largest absolute Gasteiger partial charge is 0.348 e. The van der Waals surface area contributed by atoms with E-state index in [0.717, 1.165) is 35.2 Å². The van der Waals surface area contributed by atoms with Crippen LogP contribution in [0.15, 0.2) is 40.3 Å². The second kappa shape index (κ2) is 7.72. The number of thioether (sulfide) groups is 1. The van der Waals surface area contributed by atoms with Crippen molar-refractivity contribution in [1.82, 2.24) is 14.5 Å². The van der Waals surface area contributed by atoms with Crippen LogP contribution in [0, 0.1) is 5.92 Å². The van der Waals surface area contributed by atoms with E-state index in [4.69, 9.17) is 4.98 Å². The molecule has 28 heavy (non-hydrogen) atoms. The second-order valence-electron chi connectivity index (χ2n) is 7.48. The topological polar surface area (TPSA) is 55.2 Å². The van der Waals surface area contributed by atoms with Gasteiger partial charge in [0.1, 0.15) is 4.83 Å². The van der Waals surface area contributed by atoms with Crippen molar-refractivity contribution in [2.75, 3.05) is 19.8 Å². The van der Waals surface area contributed by atoms with E-state index in [1.165, 1.54) is 22.2 Å². The maximum absolute atomic E-state index is 13.6. The molecule has 146 valence electrons. The van der Waals surface area contributed by atoms with Crippen LogP contribution in [0.4, 0.5) is 0 Å². The third-order valence-electron chi connectivity index (χ3n) is 5.14. The highest BCUT2D eigenvalue weighted by atomic mass is 32.2. The van der Waals surface area contributed by atoms with Crippen LogP contribution >= 0.6 is 23.1 Å². The fourth-order valence-corrected chi connectivity index (χ4v) is 5.94. The van der Waals surface area contributed by atoms with Gasteiger partial charge in [0.25, 0.3) is 5.56 Å². The van der Waals surface area contributed by atoms with E-state index in [-0.39, 0.29) is 17.2 Å². The molecule has 0 unspecified atom stereocenters. The van der Waals surface area contributed by atoms with Gasteiger partial charge >= 0.3 is 0 Å². The number of thiophene rings is 1. The van der Waals surface area contributed by atoms with Crippen molar-refractivity contribution in [2.45, 2.75) is 31.3 Å². The van der Waals surface area contributed by atoms with Crippen LogP contribution in [0.3, 0.4) is 0 Å². The average Bonchev–Trinajstić information content (AvgIpc) is 3.04. The molecule has 0 saturated carbocycles. The molecule has 7 heteroatoms. The number of benzene rings is 1. The van der Waals surface area contributed by atoms with Crippen LogP contribution in [-0.2, 0) is 17.6 Å². The van der Waals surface area contributed by atoms with Gasteiger partial charge < -0.3 is 4.90 Å². The van der Waals surface area contributed by atoms with Gasteiger partial charge in [0.05, 0.1) is 16.8 Å². The zero-order valence-corrected chi connectivity index (χ0v) is 17.9. The Morgan fingerprint density at radius 1 is 1.32 bits per heavy atom. The summed E-state index contributed by atoms with van der Waals surface area (Å²) >= 11 is 2.96. The van der Waals surface area contributed by atoms with E-state index in [1.54, 1.807) is 34.9 Å². The first-order chi connectivity index (χ1) is 13.5. The van der Waals surface area contributed by atoms with Crippen LogP contribution in [0.2, 0.25) is 0 Å². The standard InChI is InChI=1S/C21H23N3O2S2/c1-13-9-10-15-16(11-13)28-19-18(15)20(26)24(14-7-5-4-6-8-14)21(22-19)27-12-17(25)23(2)3/h4-8,13H,9-12H2,1-3H3/t13-/m0/s1. The molecular formula is C21H23N3O2S2.